The Hall–Kier alpha value is -2.34. The van der Waals surface area contributed by atoms with Crippen LogP contribution in [0.2, 0.25) is 0 Å². The average Bonchev–Trinajstić information content (AvgIpc) is 2.63. The van der Waals surface area contributed by atoms with Crippen molar-refractivity contribution in [2.75, 3.05) is 12.4 Å². The fraction of sp³-hybridized carbons (Fsp3) is 0.381. The van der Waals surface area contributed by atoms with Gasteiger partial charge in [-0.2, -0.15) is 0 Å². The number of methoxy groups -OCH3 is 1. The van der Waals surface area contributed by atoms with E-state index in [2.05, 4.69) is 10.3 Å². The third-order valence-corrected chi connectivity index (χ3v) is 6.19. The van der Waals surface area contributed by atoms with Crippen molar-refractivity contribution in [1.29, 1.82) is 0 Å². The van der Waals surface area contributed by atoms with Crippen LogP contribution in [0.1, 0.15) is 38.8 Å². The van der Waals surface area contributed by atoms with Gasteiger partial charge in [0.2, 0.25) is 0 Å². The number of hydrogen-bond acceptors (Lipinski definition) is 7. The van der Waals surface area contributed by atoms with E-state index in [0.717, 1.165) is 0 Å². The summed E-state index contributed by atoms with van der Waals surface area (Å²) in [5.74, 6) is 0.299. The van der Waals surface area contributed by atoms with Crippen LogP contribution in [0.25, 0.3) is 5.31 Å². The SMILES string of the molecule is COc1cc(/C(=C\Nc2cccnc2)P(=O)(OC(C)C)OC(C)C)cc(C)c1O. The van der Waals surface area contributed by atoms with Crippen molar-refractivity contribution in [2.45, 2.75) is 46.8 Å². The number of aromatic hydroxyl groups is 1. The van der Waals surface area contributed by atoms with E-state index in [1.165, 1.54) is 7.11 Å². The second kappa shape index (κ2) is 9.92. The molecule has 2 rings (SSSR count). The highest BCUT2D eigenvalue weighted by molar-refractivity contribution is 7.65. The third kappa shape index (κ3) is 6.07. The molecular formula is C21H29N2O5P. The van der Waals surface area contributed by atoms with Crippen molar-refractivity contribution in [2.24, 2.45) is 0 Å². The van der Waals surface area contributed by atoms with Gasteiger partial charge in [0, 0.05) is 12.4 Å². The van der Waals surface area contributed by atoms with Gasteiger partial charge in [0.25, 0.3) is 0 Å². The number of benzene rings is 1. The van der Waals surface area contributed by atoms with Gasteiger partial charge >= 0.3 is 7.60 Å². The van der Waals surface area contributed by atoms with Crippen molar-refractivity contribution in [3.05, 3.63) is 54.0 Å². The van der Waals surface area contributed by atoms with Crippen LogP contribution in [0.15, 0.2) is 42.9 Å². The Morgan fingerprint density at radius 1 is 1.21 bits per heavy atom. The first-order valence-corrected chi connectivity index (χ1v) is 10.9. The van der Waals surface area contributed by atoms with E-state index < -0.39 is 7.60 Å². The maximum Gasteiger partial charge on any atom is 0.363 e. The summed E-state index contributed by atoms with van der Waals surface area (Å²) in [6.07, 6.45) is 4.24. The minimum atomic E-state index is -3.72. The highest BCUT2D eigenvalue weighted by atomic mass is 31.2. The predicted molar refractivity (Wildman–Crippen MR) is 115 cm³/mol. The summed E-state index contributed by atoms with van der Waals surface area (Å²) in [5, 5.41) is 13.6. The summed E-state index contributed by atoms with van der Waals surface area (Å²) in [7, 11) is -2.26. The lowest BCUT2D eigenvalue weighted by Gasteiger charge is -2.26. The maximum absolute atomic E-state index is 13.9. The number of aryl methyl sites for hydroxylation is 1. The van der Waals surface area contributed by atoms with Gasteiger partial charge in [0.15, 0.2) is 11.5 Å². The zero-order chi connectivity index (χ0) is 21.6. The molecule has 2 N–H and O–H groups in total. The van der Waals surface area contributed by atoms with Crippen LogP contribution < -0.4 is 10.1 Å². The Labute approximate surface area is 172 Å². The quantitative estimate of drug-likeness (QED) is 0.514. The molecular weight excluding hydrogens is 391 g/mol. The van der Waals surface area contributed by atoms with E-state index in [0.29, 0.717) is 22.1 Å². The van der Waals surface area contributed by atoms with Gasteiger partial charge in [-0.05, 0) is 70.0 Å². The van der Waals surface area contributed by atoms with Crippen LogP contribution in [-0.2, 0) is 13.6 Å². The Kier molecular flexibility index (Phi) is 7.85. The molecule has 0 fully saturated rings. The lowest BCUT2D eigenvalue weighted by Crippen LogP contribution is -2.10. The molecule has 0 atom stereocenters. The zero-order valence-corrected chi connectivity index (χ0v) is 18.6. The van der Waals surface area contributed by atoms with Gasteiger partial charge in [0.1, 0.15) is 0 Å². The van der Waals surface area contributed by atoms with Gasteiger partial charge in [-0.3, -0.25) is 9.55 Å². The highest BCUT2D eigenvalue weighted by Gasteiger charge is 2.35. The van der Waals surface area contributed by atoms with Gasteiger partial charge in [-0.25, -0.2) is 0 Å². The number of ether oxygens (including phenoxy) is 1. The van der Waals surface area contributed by atoms with E-state index in [1.54, 1.807) is 71.4 Å². The normalized spacial score (nSPS) is 12.5. The molecule has 0 amide bonds. The minimum absolute atomic E-state index is 0.0280. The molecule has 1 heterocycles. The van der Waals surface area contributed by atoms with Crippen LogP contribution >= 0.6 is 7.60 Å². The van der Waals surface area contributed by atoms with Crippen molar-refractivity contribution >= 4 is 18.6 Å². The van der Waals surface area contributed by atoms with Gasteiger partial charge in [0.05, 0.1) is 36.5 Å². The third-order valence-electron chi connectivity index (χ3n) is 3.81. The first-order chi connectivity index (χ1) is 13.7. The monoisotopic (exact) mass is 420 g/mol. The van der Waals surface area contributed by atoms with E-state index in [9.17, 15) is 9.67 Å². The average molecular weight is 420 g/mol. The summed E-state index contributed by atoms with van der Waals surface area (Å²) < 4.78 is 30.8. The lowest BCUT2D eigenvalue weighted by molar-refractivity contribution is 0.151. The number of anilines is 1. The summed E-state index contributed by atoms with van der Waals surface area (Å²) in [5.41, 5.74) is 1.85. The number of hydrogen-bond donors (Lipinski definition) is 2. The maximum atomic E-state index is 13.9. The van der Waals surface area contributed by atoms with Gasteiger partial charge in [-0.1, -0.05) is 0 Å². The Morgan fingerprint density at radius 3 is 2.38 bits per heavy atom. The number of pyridine rings is 1. The number of rotatable bonds is 9. The molecule has 1 aromatic carbocycles. The highest BCUT2D eigenvalue weighted by Crippen LogP contribution is 2.62. The predicted octanol–water partition coefficient (Wildman–Crippen LogP) is 5.56. The standard InChI is InChI=1S/C21H29N2O5P/c1-14(2)27-29(25,28-15(3)4)20(13-23-18-8-7-9-22-12-18)17-10-16(5)21(24)19(11-17)26-6/h7-15,23-24H,1-6H3/b20-13+. The summed E-state index contributed by atoms with van der Waals surface area (Å²) in [4.78, 5) is 4.07. The molecule has 0 bridgehead atoms. The van der Waals surface area contributed by atoms with E-state index in [4.69, 9.17) is 13.8 Å². The largest absolute Gasteiger partial charge is 0.504 e. The van der Waals surface area contributed by atoms with Crippen molar-refractivity contribution < 1.29 is 23.5 Å². The molecule has 8 heteroatoms. The first-order valence-electron chi connectivity index (χ1n) is 9.38. The molecule has 1 aromatic heterocycles. The second-order valence-electron chi connectivity index (χ2n) is 7.07. The molecule has 0 aliphatic heterocycles. The number of aromatic nitrogens is 1. The molecule has 0 radical (unpaired) electrons. The number of phenols is 1. The lowest BCUT2D eigenvalue weighted by atomic mass is 10.1. The summed E-state index contributed by atoms with van der Waals surface area (Å²) in [6.45, 7) is 8.93. The molecule has 29 heavy (non-hydrogen) atoms. The van der Waals surface area contributed by atoms with Crippen LogP contribution in [-0.4, -0.2) is 29.4 Å². The number of nitrogens with one attached hydrogen (secondary N) is 1. The van der Waals surface area contributed by atoms with Crippen molar-refractivity contribution in [1.82, 2.24) is 4.98 Å². The van der Waals surface area contributed by atoms with Crippen LogP contribution in [0, 0.1) is 6.92 Å². The Bertz CT molecular complexity index is 883. The fourth-order valence-electron chi connectivity index (χ4n) is 2.66. The van der Waals surface area contributed by atoms with E-state index in [-0.39, 0.29) is 23.7 Å². The number of phenolic OH excluding ortho intramolecular Hbond substituents is 1. The Morgan fingerprint density at radius 2 is 1.86 bits per heavy atom. The van der Waals surface area contributed by atoms with E-state index in [1.807, 2.05) is 6.07 Å². The summed E-state index contributed by atoms with van der Waals surface area (Å²) in [6, 6.07) is 6.95. The zero-order valence-electron chi connectivity index (χ0n) is 17.7. The number of nitrogens with zero attached hydrogens (tertiary/aromatic N) is 1. The molecule has 0 saturated carbocycles. The molecule has 0 spiro atoms. The smallest absolute Gasteiger partial charge is 0.363 e. The second-order valence-corrected chi connectivity index (χ2v) is 8.96. The van der Waals surface area contributed by atoms with Crippen LogP contribution in [0.3, 0.4) is 0 Å². The van der Waals surface area contributed by atoms with Crippen molar-refractivity contribution in [3.63, 3.8) is 0 Å². The van der Waals surface area contributed by atoms with Crippen LogP contribution in [0.5, 0.6) is 11.5 Å². The molecule has 0 saturated heterocycles. The van der Waals surface area contributed by atoms with Gasteiger partial charge < -0.3 is 24.2 Å². The molecule has 0 unspecified atom stereocenters. The van der Waals surface area contributed by atoms with Crippen molar-refractivity contribution in [3.8, 4) is 11.5 Å². The minimum Gasteiger partial charge on any atom is -0.504 e. The summed E-state index contributed by atoms with van der Waals surface area (Å²) >= 11 is 0. The molecule has 2 aromatic rings. The molecule has 7 nitrogen and oxygen atoms in total. The van der Waals surface area contributed by atoms with Gasteiger partial charge in [-0.15, -0.1) is 0 Å². The fourth-order valence-corrected chi connectivity index (χ4v) is 4.72. The first kappa shape index (κ1) is 22.9. The van der Waals surface area contributed by atoms with E-state index >= 15 is 0 Å². The molecule has 0 aliphatic rings. The molecule has 158 valence electrons. The van der Waals surface area contributed by atoms with Crippen LogP contribution in [0.4, 0.5) is 5.69 Å². The topological polar surface area (TPSA) is 89.9 Å². The Balaban J connectivity index is 2.64. The molecule has 0 aliphatic carbocycles.